The van der Waals surface area contributed by atoms with Gasteiger partial charge in [0.2, 0.25) is 11.8 Å². The van der Waals surface area contributed by atoms with Crippen LogP contribution in [0, 0.1) is 0 Å². The number of hydrogen-bond acceptors (Lipinski definition) is 6. The zero-order chi connectivity index (χ0) is 20.4. The molecule has 0 amide bonds. The second kappa shape index (κ2) is 7.50. The number of para-hydroxylation sites is 4. The van der Waals surface area contributed by atoms with Crippen molar-refractivity contribution in [1.29, 1.82) is 0 Å². The van der Waals surface area contributed by atoms with Gasteiger partial charge in [0.1, 0.15) is 11.0 Å². The van der Waals surface area contributed by atoms with Crippen LogP contribution in [0.15, 0.2) is 81.6 Å². The Hall–Kier alpha value is -3.49. The van der Waals surface area contributed by atoms with Gasteiger partial charge in [0.05, 0.1) is 6.26 Å². The Morgan fingerprint density at radius 1 is 0.690 bits per heavy atom. The first-order valence-electron chi connectivity index (χ1n) is 8.62. The summed E-state index contributed by atoms with van der Waals surface area (Å²) in [6.45, 7) is 0. The molecule has 0 fully saturated rings. The third-order valence-electron chi connectivity index (χ3n) is 3.98. The van der Waals surface area contributed by atoms with E-state index >= 15 is 0 Å². The summed E-state index contributed by atoms with van der Waals surface area (Å²) in [7, 11) is -3.67. The van der Waals surface area contributed by atoms with Crippen molar-refractivity contribution in [3.8, 4) is 22.9 Å². The van der Waals surface area contributed by atoms with E-state index in [1.807, 2.05) is 72.8 Å². The standard InChI is InChI=1S/C20H12N2O2.CH4O3S/c1-2-8-14(20-22-16-10-4-6-12-18(16)24-20)13(7-1)19-21-15-9-3-5-11-17(15)23-19;1-5(2,3)4/h1-12H;1H3,(H,2,3,4). The van der Waals surface area contributed by atoms with Crippen molar-refractivity contribution >= 4 is 32.3 Å². The number of hydrogen-bond donors (Lipinski definition) is 1. The van der Waals surface area contributed by atoms with E-state index in [1.165, 1.54) is 0 Å². The summed E-state index contributed by atoms with van der Waals surface area (Å²) in [4.78, 5) is 9.17. The van der Waals surface area contributed by atoms with E-state index in [2.05, 4.69) is 9.97 Å². The van der Waals surface area contributed by atoms with E-state index in [1.54, 1.807) is 0 Å². The van der Waals surface area contributed by atoms with Crippen molar-refractivity contribution in [2.75, 3.05) is 6.26 Å². The highest BCUT2D eigenvalue weighted by Gasteiger charge is 2.17. The highest BCUT2D eigenvalue weighted by atomic mass is 32.2. The van der Waals surface area contributed by atoms with Crippen LogP contribution in [0.2, 0.25) is 0 Å². The van der Waals surface area contributed by atoms with E-state index in [0.29, 0.717) is 18.0 Å². The van der Waals surface area contributed by atoms with Crippen LogP contribution in [0.4, 0.5) is 0 Å². The monoisotopic (exact) mass is 408 g/mol. The van der Waals surface area contributed by atoms with Gasteiger partial charge in [-0.2, -0.15) is 8.42 Å². The molecule has 0 aliphatic rings. The zero-order valence-electron chi connectivity index (χ0n) is 15.3. The van der Waals surface area contributed by atoms with Gasteiger partial charge in [-0.15, -0.1) is 0 Å². The first-order valence-corrected chi connectivity index (χ1v) is 10.5. The van der Waals surface area contributed by atoms with Gasteiger partial charge in [0, 0.05) is 11.1 Å². The van der Waals surface area contributed by atoms with Gasteiger partial charge >= 0.3 is 0 Å². The van der Waals surface area contributed by atoms with Crippen LogP contribution in [-0.2, 0) is 10.1 Å². The molecule has 1 N–H and O–H groups in total. The number of benzene rings is 3. The van der Waals surface area contributed by atoms with Crippen molar-refractivity contribution < 1.29 is 21.8 Å². The molecule has 0 unspecified atom stereocenters. The van der Waals surface area contributed by atoms with Crippen LogP contribution in [-0.4, -0.2) is 29.2 Å². The summed E-state index contributed by atoms with van der Waals surface area (Å²) in [5, 5.41) is 0. The number of fused-ring (bicyclic) bond motifs is 2. The summed E-state index contributed by atoms with van der Waals surface area (Å²) in [5.74, 6) is 1.13. The van der Waals surface area contributed by atoms with E-state index in [-0.39, 0.29) is 0 Å². The second-order valence-corrected chi connectivity index (χ2v) is 7.72. The smallest absolute Gasteiger partial charge is 0.261 e. The molecule has 0 radical (unpaired) electrons. The van der Waals surface area contributed by atoms with Gasteiger partial charge in [0.25, 0.3) is 10.1 Å². The van der Waals surface area contributed by atoms with Crippen LogP contribution >= 0.6 is 0 Å². The fraction of sp³-hybridized carbons (Fsp3) is 0.0476. The highest BCUT2D eigenvalue weighted by Crippen LogP contribution is 2.34. The minimum absolute atomic E-state index is 0.564. The van der Waals surface area contributed by atoms with Crippen molar-refractivity contribution in [3.63, 3.8) is 0 Å². The first-order chi connectivity index (χ1) is 13.9. The fourth-order valence-corrected chi connectivity index (χ4v) is 2.83. The summed E-state index contributed by atoms with van der Waals surface area (Å²) >= 11 is 0. The number of rotatable bonds is 2. The van der Waals surface area contributed by atoms with Gasteiger partial charge in [0.15, 0.2) is 11.2 Å². The van der Waals surface area contributed by atoms with Gasteiger partial charge in [-0.25, -0.2) is 9.97 Å². The molecule has 5 rings (SSSR count). The van der Waals surface area contributed by atoms with Crippen molar-refractivity contribution in [1.82, 2.24) is 9.97 Å². The van der Waals surface area contributed by atoms with Gasteiger partial charge in [-0.05, 0) is 36.4 Å². The predicted octanol–water partition coefficient (Wildman–Crippen LogP) is 4.81. The lowest BCUT2D eigenvalue weighted by molar-refractivity contribution is 0.490. The molecular formula is C21H16N2O5S. The fourth-order valence-electron chi connectivity index (χ4n) is 2.83. The Kier molecular flexibility index (Phi) is 4.87. The van der Waals surface area contributed by atoms with Gasteiger partial charge < -0.3 is 8.83 Å². The second-order valence-electron chi connectivity index (χ2n) is 6.25. The minimum Gasteiger partial charge on any atom is -0.436 e. The molecule has 29 heavy (non-hydrogen) atoms. The van der Waals surface area contributed by atoms with E-state index in [0.717, 1.165) is 33.3 Å². The average molecular weight is 408 g/mol. The van der Waals surface area contributed by atoms with Crippen molar-refractivity contribution in [2.24, 2.45) is 0 Å². The summed E-state index contributed by atoms with van der Waals surface area (Å²) in [6.07, 6.45) is 0.715. The largest absolute Gasteiger partial charge is 0.436 e. The Bertz CT molecular complexity index is 1240. The third-order valence-corrected chi connectivity index (χ3v) is 3.98. The van der Waals surface area contributed by atoms with E-state index in [9.17, 15) is 8.42 Å². The summed E-state index contributed by atoms with van der Waals surface area (Å²) in [5.41, 5.74) is 4.92. The molecule has 0 saturated carbocycles. The topological polar surface area (TPSA) is 106 Å². The molecule has 0 bridgehead atoms. The van der Waals surface area contributed by atoms with E-state index < -0.39 is 10.1 Å². The molecule has 0 atom stereocenters. The maximum Gasteiger partial charge on any atom is 0.261 e. The molecule has 3 aromatic carbocycles. The molecule has 2 heterocycles. The van der Waals surface area contributed by atoms with Crippen LogP contribution in [0.25, 0.3) is 45.1 Å². The molecular weight excluding hydrogens is 392 g/mol. The zero-order valence-corrected chi connectivity index (χ0v) is 16.1. The third kappa shape index (κ3) is 4.34. The lowest BCUT2D eigenvalue weighted by Gasteiger charge is -2.01. The maximum absolute atomic E-state index is 9.19. The summed E-state index contributed by atoms with van der Waals surface area (Å²) < 4.78 is 37.7. The molecule has 7 nitrogen and oxygen atoms in total. The number of oxazole rings is 2. The quantitative estimate of drug-likeness (QED) is 0.418. The highest BCUT2D eigenvalue weighted by molar-refractivity contribution is 7.85. The predicted molar refractivity (Wildman–Crippen MR) is 110 cm³/mol. The molecule has 0 spiro atoms. The number of aromatic nitrogens is 2. The SMILES string of the molecule is CS(=O)(=O)O.c1ccc(-c2nc3ccccc3o2)c(-c2nc3ccccc3o2)c1. The van der Waals surface area contributed by atoms with Crippen LogP contribution in [0.1, 0.15) is 0 Å². The van der Waals surface area contributed by atoms with Crippen LogP contribution in [0.3, 0.4) is 0 Å². The Morgan fingerprint density at radius 2 is 1.03 bits per heavy atom. The molecule has 8 heteroatoms. The van der Waals surface area contributed by atoms with Crippen LogP contribution in [0.5, 0.6) is 0 Å². The molecule has 2 aromatic heterocycles. The van der Waals surface area contributed by atoms with Crippen molar-refractivity contribution in [2.45, 2.75) is 0 Å². The lowest BCUT2D eigenvalue weighted by Crippen LogP contribution is -1.88. The first kappa shape index (κ1) is 18.9. The molecule has 0 aliphatic carbocycles. The van der Waals surface area contributed by atoms with Crippen molar-refractivity contribution in [3.05, 3.63) is 72.8 Å². The number of nitrogens with zero attached hydrogens (tertiary/aromatic N) is 2. The Morgan fingerprint density at radius 3 is 1.41 bits per heavy atom. The van der Waals surface area contributed by atoms with Crippen LogP contribution < -0.4 is 0 Å². The normalized spacial score (nSPS) is 11.4. The lowest BCUT2D eigenvalue weighted by atomic mass is 10.1. The molecule has 0 saturated heterocycles. The molecule has 0 aliphatic heterocycles. The molecule has 5 aromatic rings. The minimum atomic E-state index is -3.67. The Labute approximate surface area is 166 Å². The Balaban J connectivity index is 0.000000369. The van der Waals surface area contributed by atoms with Gasteiger partial charge in [-0.3, -0.25) is 4.55 Å². The summed E-state index contributed by atoms with van der Waals surface area (Å²) in [6, 6.07) is 23.3. The van der Waals surface area contributed by atoms with Gasteiger partial charge in [-0.1, -0.05) is 36.4 Å². The average Bonchev–Trinajstić information content (AvgIpc) is 3.30. The maximum atomic E-state index is 9.19. The molecule has 146 valence electrons. The van der Waals surface area contributed by atoms with E-state index in [4.69, 9.17) is 13.4 Å².